The first-order chi connectivity index (χ1) is 15.2. The average Bonchev–Trinajstić information content (AvgIpc) is 2.80. The predicted molar refractivity (Wildman–Crippen MR) is 118 cm³/mol. The molecular weight excluding hydrogens is 414 g/mol. The van der Waals surface area contributed by atoms with Crippen molar-refractivity contribution in [3.63, 3.8) is 0 Å². The summed E-state index contributed by atoms with van der Waals surface area (Å²) in [6, 6.07) is 6.49. The van der Waals surface area contributed by atoms with Crippen molar-refractivity contribution in [1.82, 2.24) is 14.9 Å². The van der Waals surface area contributed by atoms with E-state index in [4.69, 9.17) is 15.6 Å². The van der Waals surface area contributed by atoms with Gasteiger partial charge in [0.05, 0.1) is 24.3 Å². The fraction of sp³-hybridized carbons (Fsp3) is 0.409. The van der Waals surface area contributed by atoms with Gasteiger partial charge in [0.2, 0.25) is 17.7 Å². The van der Waals surface area contributed by atoms with E-state index in [2.05, 4.69) is 9.97 Å². The van der Waals surface area contributed by atoms with Crippen LogP contribution in [0, 0.1) is 6.92 Å². The molecule has 0 fully saturated rings. The van der Waals surface area contributed by atoms with Crippen LogP contribution in [-0.4, -0.2) is 64.0 Å². The number of aryl methyl sites for hydroxylation is 2. The van der Waals surface area contributed by atoms with Gasteiger partial charge in [-0.3, -0.25) is 14.4 Å². The van der Waals surface area contributed by atoms with Gasteiger partial charge in [0, 0.05) is 24.8 Å². The van der Waals surface area contributed by atoms with Crippen LogP contribution in [0.2, 0.25) is 0 Å². The number of ether oxygens (including phenoxy) is 1. The van der Waals surface area contributed by atoms with Crippen LogP contribution in [0.4, 0.5) is 11.6 Å². The van der Waals surface area contributed by atoms with Crippen LogP contribution in [0.3, 0.4) is 0 Å². The molecule has 1 aliphatic heterocycles. The van der Waals surface area contributed by atoms with Gasteiger partial charge in [-0.1, -0.05) is 6.07 Å². The lowest BCUT2D eigenvalue weighted by atomic mass is 10.0. The van der Waals surface area contributed by atoms with Gasteiger partial charge in [-0.25, -0.2) is 4.98 Å². The van der Waals surface area contributed by atoms with Crippen molar-refractivity contribution < 1.29 is 24.2 Å². The summed E-state index contributed by atoms with van der Waals surface area (Å²) in [5, 5.41) is 9.10. The Morgan fingerprint density at radius 3 is 2.72 bits per heavy atom. The van der Waals surface area contributed by atoms with Gasteiger partial charge < -0.3 is 25.4 Å². The molecule has 1 aromatic heterocycles. The van der Waals surface area contributed by atoms with Gasteiger partial charge in [0.15, 0.2) is 0 Å². The molecule has 1 unspecified atom stereocenters. The number of anilines is 2. The highest BCUT2D eigenvalue weighted by Crippen LogP contribution is 2.28. The van der Waals surface area contributed by atoms with Crippen molar-refractivity contribution >= 4 is 29.4 Å². The number of fused-ring (bicyclic) bond motifs is 1. The van der Waals surface area contributed by atoms with Crippen LogP contribution in [0.25, 0.3) is 0 Å². The maximum Gasteiger partial charge on any atom is 0.305 e. The van der Waals surface area contributed by atoms with E-state index >= 15 is 0 Å². The summed E-state index contributed by atoms with van der Waals surface area (Å²) in [5.74, 6) is -1.07. The second kappa shape index (κ2) is 9.63. The van der Waals surface area contributed by atoms with Crippen molar-refractivity contribution in [2.75, 3.05) is 30.8 Å². The molecule has 0 saturated heterocycles. The molecule has 2 amide bonds. The van der Waals surface area contributed by atoms with E-state index in [1.807, 2.05) is 6.07 Å². The van der Waals surface area contributed by atoms with E-state index in [-0.39, 0.29) is 30.7 Å². The molecule has 0 radical (unpaired) electrons. The van der Waals surface area contributed by atoms with Crippen molar-refractivity contribution in [2.24, 2.45) is 0 Å². The monoisotopic (exact) mass is 441 g/mol. The SMILES string of the molecule is Cc1cc(OCCCc2ccc3c(c2)C(=O)N(C(C)CC(=O)O)CC(=O)N3C)nc(N)n1. The second-order valence-corrected chi connectivity index (χ2v) is 7.84. The largest absolute Gasteiger partial charge is 0.481 e. The number of nitrogen functional groups attached to an aromatic ring is 1. The molecule has 32 heavy (non-hydrogen) atoms. The second-order valence-electron chi connectivity index (χ2n) is 7.84. The molecule has 1 aliphatic rings. The highest BCUT2D eigenvalue weighted by atomic mass is 16.5. The Bertz CT molecular complexity index is 1020. The molecular formula is C22H27N5O5. The Morgan fingerprint density at radius 2 is 2.03 bits per heavy atom. The molecule has 0 saturated carbocycles. The third-order valence-electron chi connectivity index (χ3n) is 5.30. The first-order valence-corrected chi connectivity index (χ1v) is 10.3. The Balaban J connectivity index is 1.72. The third-order valence-corrected chi connectivity index (χ3v) is 5.30. The van der Waals surface area contributed by atoms with Crippen LogP contribution < -0.4 is 15.4 Å². The first kappa shape index (κ1) is 23.0. The molecule has 1 aromatic carbocycles. The lowest BCUT2D eigenvalue weighted by Crippen LogP contribution is -2.43. The van der Waals surface area contributed by atoms with Crippen LogP contribution in [-0.2, 0) is 16.0 Å². The van der Waals surface area contributed by atoms with Gasteiger partial charge >= 0.3 is 5.97 Å². The number of aromatic nitrogens is 2. The van der Waals surface area contributed by atoms with Crippen LogP contribution in [0.1, 0.15) is 41.4 Å². The van der Waals surface area contributed by atoms with Gasteiger partial charge in [-0.15, -0.1) is 0 Å². The van der Waals surface area contributed by atoms with Crippen LogP contribution >= 0.6 is 0 Å². The molecule has 0 spiro atoms. The number of carbonyl (C=O) groups excluding carboxylic acids is 2. The summed E-state index contributed by atoms with van der Waals surface area (Å²) in [6.07, 6.45) is 1.08. The number of amides is 2. The Hall–Kier alpha value is -3.69. The molecule has 0 bridgehead atoms. The summed E-state index contributed by atoms with van der Waals surface area (Å²) in [5.41, 5.74) is 8.15. The zero-order valence-corrected chi connectivity index (χ0v) is 18.4. The van der Waals surface area contributed by atoms with Crippen molar-refractivity contribution in [3.8, 4) is 5.88 Å². The lowest BCUT2D eigenvalue weighted by Gasteiger charge is -2.26. The molecule has 1 atom stereocenters. The molecule has 0 aliphatic carbocycles. The van der Waals surface area contributed by atoms with Crippen molar-refractivity contribution in [2.45, 2.75) is 39.2 Å². The molecule has 3 N–H and O–H groups in total. The van der Waals surface area contributed by atoms with E-state index in [1.54, 1.807) is 39.1 Å². The minimum Gasteiger partial charge on any atom is -0.481 e. The zero-order valence-electron chi connectivity index (χ0n) is 18.4. The van der Waals surface area contributed by atoms with E-state index in [9.17, 15) is 14.4 Å². The van der Waals surface area contributed by atoms with E-state index in [1.165, 1.54) is 9.80 Å². The summed E-state index contributed by atoms with van der Waals surface area (Å²) >= 11 is 0. The number of likely N-dealkylation sites (N-methyl/N-ethyl adjacent to an activating group) is 1. The third kappa shape index (κ3) is 5.32. The summed E-state index contributed by atoms with van der Waals surface area (Å²) in [6.45, 7) is 3.68. The van der Waals surface area contributed by atoms with Gasteiger partial charge in [-0.05, 0) is 44.4 Å². The smallest absolute Gasteiger partial charge is 0.305 e. The van der Waals surface area contributed by atoms with Gasteiger partial charge in [-0.2, -0.15) is 4.98 Å². The minimum atomic E-state index is -1.02. The summed E-state index contributed by atoms with van der Waals surface area (Å²) < 4.78 is 5.64. The van der Waals surface area contributed by atoms with Crippen molar-refractivity contribution in [1.29, 1.82) is 0 Å². The van der Waals surface area contributed by atoms with E-state index < -0.39 is 12.0 Å². The fourth-order valence-electron chi connectivity index (χ4n) is 3.62. The average molecular weight is 441 g/mol. The van der Waals surface area contributed by atoms with E-state index in [0.717, 1.165) is 11.3 Å². The van der Waals surface area contributed by atoms with Gasteiger partial charge in [0.25, 0.3) is 5.91 Å². The maximum atomic E-state index is 13.2. The Kier molecular flexibility index (Phi) is 6.92. The fourth-order valence-corrected chi connectivity index (χ4v) is 3.62. The standard InChI is InChI=1S/C22H27N5O5/c1-13-9-18(25-22(23)24-13)32-8-4-5-15-6-7-17-16(11-15)21(31)27(12-19(28)26(17)3)14(2)10-20(29)30/h6-7,9,11,14H,4-5,8,10,12H2,1-3H3,(H,29,30)(H2,23,24,25). The molecule has 170 valence electrons. The first-order valence-electron chi connectivity index (χ1n) is 10.3. The van der Waals surface area contributed by atoms with Crippen LogP contribution in [0.15, 0.2) is 24.3 Å². The van der Waals surface area contributed by atoms with Crippen molar-refractivity contribution in [3.05, 3.63) is 41.1 Å². The summed E-state index contributed by atoms with van der Waals surface area (Å²) in [4.78, 5) is 47.7. The molecule has 3 rings (SSSR count). The topological polar surface area (TPSA) is 139 Å². The number of nitrogens with zero attached hydrogens (tertiary/aromatic N) is 4. The van der Waals surface area contributed by atoms with Gasteiger partial charge in [0.1, 0.15) is 6.54 Å². The number of carboxylic acid groups (broad SMARTS) is 1. The lowest BCUT2D eigenvalue weighted by molar-refractivity contribution is -0.138. The number of aliphatic carboxylic acids is 1. The number of benzene rings is 1. The molecule has 2 aromatic rings. The number of hydrogen-bond acceptors (Lipinski definition) is 7. The predicted octanol–water partition coefficient (Wildman–Crippen LogP) is 1.66. The normalized spacial score (nSPS) is 14.7. The molecule has 10 heteroatoms. The number of carbonyl (C=O) groups is 3. The summed E-state index contributed by atoms with van der Waals surface area (Å²) in [7, 11) is 1.61. The highest BCUT2D eigenvalue weighted by Gasteiger charge is 2.33. The zero-order chi connectivity index (χ0) is 23.4. The molecule has 10 nitrogen and oxygen atoms in total. The van der Waals surface area contributed by atoms with E-state index in [0.29, 0.717) is 36.6 Å². The minimum absolute atomic E-state index is 0.157. The Labute approximate surface area is 186 Å². The number of carboxylic acids is 1. The van der Waals surface area contributed by atoms with Crippen LogP contribution in [0.5, 0.6) is 5.88 Å². The number of rotatable bonds is 8. The maximum absolute atomic E-state index is 13.2. The quantitative estimate of drug-likeness (QED) is 0.590. The number of nitrogens with two attached hydrogens (primary N) is 1. The molecule has 2 heterocycles. The number of hydrogen-bond donors (Lipinski definition) is 2. The Morgan fingerprint density at radius 1 is 1.28 bits per heavy atom. The highest BCUT2D eigenvalue weighted by molar-refractivity contribution is 6.09.